The number of primary amides is 1. The minimum Gasteiger partial charge on any atom is -0.506 e. The molecule has 35 heavy (non-hydrogen) atoms. The van der Waals surface area contributed by atoms with Gasteiger partial charge in [-0.05, 0) is 81.4 Å². The number of amides is 1. The fourth-order valence-corrected chi connectivity index (χ4v) is 5.61. The van der Waals surface area contributed by atoms with Gasteiger partial charge in [-0.15, -0.1) is 0 Å². The third kappa shape index (κ3) is 6.16. The molecule has 8 heteroatoms. The van der Waals surface area contributed by atoms with E-state index in [1.54, 1.807) is 18.2 Å². The Morgan fingerprint density at radius 1 is 0.971 bits per heavy atom. The van der Waals surface area contributed by atoms with Crippen molar-refractivity contribution in [3.05, 3.63) is 90.3 Å². The number of fused-ring (bicyclic) bond motifs is 1. The molecular formula is C27H23I2NO5. The van der Waals surface area contributed by atoms with Crippen molar-refractivity contribution in [2.24, 2.45) is 5.73 Å². The van der Waals surface area contributed by atoms with Gasteiger partial charge in [0.1, 0.15) is 22.8 Å². The molecule has 3 N–H and O–H groups in total. The van der Waals surface area contributed by atoms with Crippen LogP contribution in [-0.2, 0) is 17.6 Å². The average Bonchev–Trinajstić information content (AvgIpc) is 3.19. The summed E-state index contributed by atoms with van der Waals surface area (Å²) in [6, 6.07) is 18.9. The number of furan rings is 1. The monoisotopic (exact) mass is 695 g/mol. The molecular weight excluding hydrogens is 672 g/mol. The second-order valence-corrected chi connectivity index (χ2v) is 10.4. The zero-order chi connectivity index (χ0) is 24.9. The fourth-order valence-electron chi connectivity index (χ4n) is 3.84. The standard InChI is InChI=1S/C27H23I2NO5/c28-20-13-17(14-21(29)27(20)33)26(32)25-19-10-9-18(34-12-11-16-5-2-1-3-6-16)15-23(19)35-22(25)7-4-8-24(30)31/h1-3,5-6,9-10,13-15,33H,4,7-8,11-12H2,(H2,30,31). The van der Waals surface area contributed by atoms with E-state index in [4.69, 9.17) is 14.9 Å². The molecule has 0 aliphatic rings. The maximum Gasteiger partial charge on any atom is 0.217 e. The molecule has 0 unspecified atom stereocenters. The summed E-state index contributed by atoms with van der Waals surface area (Å²) in [7, 11) is 0. The first-order valence-corrected chi connectivity index (χ1v) is 13.2. The molecule has 0 bridgehead atoms. The van der Waals surface area contributed by atoms with Gasteiger partial charge in [-0.2, -0.15) is 0 Å². The third-order valence-electron chi connectivity index (χ3n) is 5.57. The summed E-state index contributed by atoms with van der Waals surface area (Å²) in [5.41, 5.74) is 7.94. The number of phenols is 1. The Morgan fingerprint density at radius 3 is 2.37 bits per heavy atom. The highest BCUT2D eigenvalue weighted by atomic mass is 127. The van der Waals surface area contributed by atoms with Crippen LogP contribution in [0.4, 0.5) is 0 Å². The van der Waals surface area contributed by atoms with Crippen molar-refractivity contribution in [1.29, 1.82) is 0 Å². The molecule has 0 saturated heterocycles. The largest absolute Gasteiger partial charge is 0.506 e. The molecule has 0 spiro atoms. The Morgan fingerprint density at radius 2 is 1.69 bits per heavy atom. The number of benzene rings is 3. The van der Waals surface area contributed by atoms with Crippen molar-refractivity contribution < 1.29 is 23.8 Å². The van der Waals surface area contributed by atoms with E-state index >= 15 is 0 Å². The molecule has 4 rings (SSSR count). The number of rotatable bonds is 10. The normalized spacial score (nSPS) is 11.0. The molecule has 0 saturated carbocycles. The summed E-state index contributed by atoms with van der Waals surface area (Å²) in [5, 5.41) is 10.8. The number of nitrogens with two attached hydrogens (primary N) is 1. The Kier molecular flexibility index (Phi) is 8.32. The molecule has 1 amide bonds. The van der Waals surface area contributed by atoms with E-state index in [1.165, 1.54) is 5.56 Å². The summed E-state index contributed by atoms with van der Waals surface area (Å²) < 4.78 is 13.2. The molecule has 0 fully saturated rings. The first kappa shape index (κ1) is 25.5. The van der Waals surface area contributed by atoms with Crippen LogP contribution in [0.2, 0.25) is 0 Å². The predicted octanol–water partition coefficient (Wildman–Crippen LogP) is 6.01. The van der Waals surface area contributed by atoms with Crippen LogP contribution in [0.1, 0.15) is 40.1 Å². The molecule has 6 nitrogen and oxygen atoms in total. The summed E-state index contributed by atoms with van der Waals surface area (Å²) in [6.07, 6.45) is 1.85. The van der Waals surface area contributed by atoms with Crippen LogP contribution in [0.5, 0.6) is 11.5 Å². The fraction of sp³-hybridized carbons (Fsp3) is 0.185. The average molecular weight is 695 g/mol. The first-order valence-electron chi connectivity index (χ1n) is 11.1. The smallest absolute Gasteiger partial charge is 0.217 e. The lowest BCUT2D eigenvalue weighted by Crippen LogP contribution is -2.11. The number of phenolic OH excluding ortho intramolecular Hbond substituents is 1. The van der Waals surface area contributed by atoms with E-state index in [-0.39, 0.29) is 18.0 Å². The lowest BCUT2D eigenvalue weighted by molar-refractivity contribution is -0.118. The van der Waals surface area contributed by atoms with Gasteiger partial charge in [0.2, 0.25) is 5.91 Å². The van der Waals surface area contributed by atoms with E-state index in [1.807, 2.05) is 75.5 Å². The maximum atomic E-state index is 13.6. The molecule has 4 aromatic rings. The second kappa shape index (κ2) is 11.4. The van der Waals surface area contributed by atoms with Crippen LogP contribution in [0.15, 0.2) is 65.1 Å². The summed E-state index contributed by atoms with van der Waals surface area (Å²) in [5.74, 6) is 0.709. The second-order valence-electron chi connectivity index (χ2n) is 8.08. The SMILES string of the molecule is NC(=O)CCCc1oc2cc(OCCc3ccccc3)ccc2c1C(=O)c1cc(I)c(O)c(I)c1. The summed E-state index contributed by atoms with van der Waals surface area (Å²) in [6.45, 7) is 0.512. The van der Waals surface area contributed by atoms with E-state index in [9.17, 15) is 14.7 Å². The molecule has 0 radical (unpaired) electrons. The molecule has 0 aliphatic carbocycles. The maximum absolute atomic E-state index is 13.6. The number of carbonyl (C=O) groups is 2. The van der Waals surface area contributed by atoms with Gasteiger partial charge in [0.15, 0.2) is 5.78 Å². The molecule has 1 aromatic heterocycles. The van der Waals surface area contributed by atoms with Crippen molar-refractivity contribution in [2.45, 2.75) is 25.7 Å². The van der Waals surface area contributed by atoms with Crippen LogP contribution in [0.3, 0.4) is 0 Å². The van der Waals surface area contributed by atoms with Gasteiger partial charge >= 0.3 is 0 Å². The zero-order valence-electron chi connectivity index (χ0n) is 18.7. The molecule has 3 aromatic carbocycles. The zero-order valence-corrected chi connectivity index (χ0v) is 23.0. The Hall–Kier alpha value is -2.60. The molecule has 180 valence electrons. The lowest BCUT2D eigenvalue weighted by atomic mass is 9.98. The Bertz CT molecular complexity index is 1360. The van der Waals surface area contributed by atoms with Crippen LogP contribution < -0.4 is 10.5 Å². The Balaban J connectivity index is 1.64. The van der Waals surface area contributed by atoms with Gasteiger partial charge in [0, 0.05) is 36.3 Å². The van der Waals surface area contributed by atoms with Crippen molar-refractivity contribution in [3.63, 3.8) is 0 Å². The van der Waals surface area contributed by atoms with Gasteiger partial charge in [-0.3, -0.25) is 9.59 Å². The van der Waals surface area contributed by atoms with Gasteiger partial charge in [-0.1, -0.05) is 30.3 Å². The van der Waals surface area contributed by atoms with Crippen LogP contribution >= 0.6 is 45.2 Å². The van der Waals surface area contributed by atoms with Crippen LogP contribution in [0, 0.1) is 7.14 Å². The van der Waals surface area contributed by atoms with Gasteiger partial charge in [0.05, 0.1) is 19.3 Å². The summed E-state index contributed by atoms with van der Waals surface area (Å²) >= 11 is 4.01. The lowest BCUT2D eigenvalue weighted by Gasteiger charge is -2.07. The van der Waals surface area contributed by atoms with E-state index in [0.717, 1.165) is 6.42 Å². The van der Waals surface area contributed by atoms with Gasteiger partial charge in [0.25, 0.3) is 0 Å². The minimum atomic E-state index is -0.397. The molecule has 1 heterocycles. The number of aryl methyl sites for hydroxylation is 1. The van der Waals surface area contributed by atoms with Crippen LogP contribution in [-0.4, -0.2) is 23.4 Å². The first-order chi connectivity index (χ1) is 16.8. The topological polar surface area (TPSA) is 103 Å². The third-order valence-corrected chi connectivity index (χ3v) is 7.21. The predicted molar refractivity (Wildman–Crippen MR) is 151 cm³/mol. The molecule has 0 aliphatic heterocycles. The van der Waals surface area contributed by atoms with Crippen LogP contribution in [0.25, 0.3) is 11.0 Å². The van der Waals surface area contributed by atoms with Gasteiger partial charge < -0.3 is 20.0 Å². The minimum absolute atomic E-state index is 0.152. The Labute approximate surface area is 230 Å². The summed E-state index contributed by atoms with van der Waals surface area (Å²) in [4.78, 5) is 24.8. The number of hydrogen-bond donors (Lipinski definition) is 2. The number of carbonyl (C=O) groups excluding carboxylic acids is 2. The number of hydrogen-bond acceptors (Lipinski definition) is 5. The van der Waals surface area contributed by atoms with Gasteiger partial charge in [-0.25, -0.2) is 0 Å². The highest BCUT2D eigenvalue weighted by Crippen LogP contribution is 2.34. The highest BCUT2D eigenvalue weighted by Gasteiger charge is 2.24. The highest BCUT2D eigenvalue weighted by molar-refractivity contribution is 14.1. The number of aromatic hydroxyl groups is 1. The van der Waals surface area contributed by atoms with Crippen molar-refractivity contribution in [3.8, 4) is 11.5 Å². The van der Waals surface area contributed by atoms with E-state index < -0.39 is 5.91 Å². The molecule has 0 atom stereocenters. The quantitative estimate of drug-likeness (QED) is 0.157. The van der Waals surface area contributed by atoms with Crippen molar-refractivity contribution >= 4 is 67.8 Å². The number of ether oxygens (including phenoxy) is 1. The van der Waals surface area contributed by atoms with E-state index in [0.29, 0.717) is 60.2 Å². The number of ketones is 1. The van der Waals surface area contributed by atoms with E-state index in [2.05, 4.69) is 12.1 Å². The number of halogens is 2. The van der Waals surface area contributed by atoms with Crippen molar-refractivity contribution in [2.75, 3.05) is 6.61 Å². The van der Waals surface area contributed by atoms with Crippen molar-refractivity contribution in [1.82, 2.24) is 0 Å².